The number of halogens is 1. The summed E-state index contributed by atoms with van der Waals surface area (Å²) in [5, 5.41) is 0. The molecule has 0 aromatic heterocycles. The third kappa shape index (κ3) is 1.91. The van der Waals surface area contributed by atoms with Crippen molar-refractivity contribution in [2.24, 2.45) is 0 Å². The first-order valence-corrected chi connectivity index (χ1v) is 4.63. The zero-order chi connectivity index (χ0) is 9.14. The molecule has 0 bridgehead atoms. The van der Waals surface area contributed by atoms with E-state index >= 15 is 0 Å². The van der Waals surface area contributed by atoms with Crippen LogP contribution in [-0.4, -0.2) is 6.61 Å². The van der Waals surface area contributed by atoms with Gasteiger partial charge < -0.3 is 10.5 Å². The Labute approximate surface area is 80.8 Å². The predicted molar refractivity (Wildman–Crippen MR) is 54.5 cm³/mol. The van der Waals surface area contributed by atoms with Gasteiger partial charge in [-0.25, -0.2) is 0 Å². The standard InChI is InChI=1S/C9H12BrNO/c1-3-12-9-7(10)4-6(2)5-8(9)11/h4-5H,3,11H2,1-2H3. The first kappa shape index (κ1) is 9.39. The van der Waals surface area contributed by atoms with Gasteiger partial charge in [-0.1, -0.05) is 0 Å². The summed E-state index contributed by atoms with van der Waals surface area (Å²) in [5.41, 5.74) is 7.56. The smallest absolute Gasteiger partial charge is 0.156 e. The Hall–Kier alpha value is -0.700. The van der Waals surface area contributed by atoms with Gasteiger partial charge >= 0.3 is 0 Å². The summed E-state index contributed by atoms with van der Waals surface area (Å²) in [7, 11) is 0. The van der Waals surface area contributed by atoms with E-state index in [0.717, 1.165) is 15.8 Å². The van der Waals surface area contributed by atoms with Crippen LogP contribution in [0.3, 0.4) is 0 Å². The third-order valence-electron chi connectivity index (χ3n) is 1.51. The molecule has 1 aromatic carbocycles. The second kappa shape index (κ2) is 3.81. The van der Waals surface area contributed by atoms with Crippen LogP contribution in [0.5, 0.6) is 5.75 Å². The highest BCUT2D eigenvalue weighted by atomic mass is 79.9. The van der Waals surface area contributed by atoms with Crippen molar-refractivity contribution in [1.29, 1.82) is 0 Å². The molecule has 66 valence electrons. The summed E-state index contributed by atoms with van der Waals surface area (Å²) in [5.74, 6) is 0.739. The monoisotopic (exact) mass is 229 g/mol. The lowest BCUT2D eigenvalue weighted by molar-refractivity contribution is 0.340. The molecule has 0 atom stereocenters. The number of benzene rings is 1. The molecule has 0 fully saturated rings. The lowest BCUT2D eigenvalue weighted by Gasteiger charge is -2.09. The Bertz CT molecular complexity index is 263. The van der Waals surface area contributed by atoms with Gasteiger partial charge in [-0.3, -0.25) is 0 Å². The Morgan fingerprint density at radius 2 is 2.17 bits per heavy atom. The molecule has 0 unspecified atom stereocenters. The zero-order valence-corrected chi connectivity index (χ0v) is 8.81. The fraction of sp³-hybridized carbons (Fsp3) is 0.333. The summed E-state index contributed by atoms with van der Waals surface area (Å²) < 4.78 is 6.27. The van der Waals surface area contributed by atoms with Gasteiger partial charge in [-0.2, -0.15) is 0 Å². The van der Waals surface area contributed by atoms with E-state index in [-0.39, 0.29) is 0 Å². The van der Waals surface area contributed by atoms with Gasteiger partial charge in [-0.05, 0) is 47.5 Å². The number of nitrogen functional groups attached to an aromatic ring is 1. The van der Waals surface area contributed by atoms with Gasteiger partial charge in [0.05, 0.1) is 16.8 Å². The van der Waals surface area contributed by atoms with E-state index < -0.39 is 0 Å². The number of hydrogen-bond donors (Lipinski definition) is 1. The van der Waals surface area contributed by atoms with Crippen LogP contribution >= 0.6 is 15.9 Å². The van der Waals surface area contributed by atoms with Crippen LogP contribution in [0.2, 0.25) is 0 Å². The topological polar surface area (TPSA) is 35.2 Å². The fourth-order valence-electron chi connectivity index (χ4n) is 1.05. The Kier molecular flexibility index (Phi) is 2.98. The van der Waals surface area contributed by atoms with Crippen LogP contribution in [-0.2, 0) is 0 Å². The highest BCUT2D eigenvalue weighted by Crippen LogP contribution is 2.32. The summed E-state index contributed by atoms with van der Waals surface area (Å²) in [6.07, 6.45) is 0. The molecule has 1 aromatic rings. The number of nitrogens with two attached hydrogens (primary N) is 1. The molecular weight excluding hydrogens is 218 g/mol. The molecule has 3 heteroatoms. The maximum Gasteiger partial charge on any atom is 0.156 e. The minimum atomic E-state index is 0.631. The molecule has 1 rings (SSSR count). The van der Waals surface area contributed by atoms with E-state index in [9.17, 15) is 0 Å². The largest absolute Gasteiger partial charge is 0.491 e. The van der Waals surface area contributed by atoms with Crippen molar-refractivity contribution in [2.45, 2.75) is 13.8 Å². The highest BCUT2D eigenvalue weighted by molar-refractivity contribution is 9.10. The first-order valence-electron chi connectivity index (χ1n) is 3.83. The van der Waals surface area contributed by atoms with E-state index in [2.05, 4.69) is 15.9 Å². The molecule has 2 nitrogen and oxygen atoms in total. The first-order chi connectivity index (χ1) is 5.65. The highest BCUT2D eigenvalue weighted by Gasteiger charge is 2.05. The van der Waals surface area contributed by atoms with Gasteiger partial charge in [0, 0.05) is 0 Å². The summed E-state index contributed by atoms with van der Waals surface area (Å²) in [6, 6.07) is 3.89. The summed E-state index contributed by atoms with van der Waals surface area (Å²) in [4.78, 5) is 0. The van der Waals surface area contributed by atoms with Crippen molar-refractivity contribution in [1.82, 2.24) is 0 Å². The van der Waals surface area contributed by atoms with Crippen LogP contribution < -0.4 is 10.5 Å². The normalized spacial score (nSPS) is 9.92. The molecule has 0 saturated heterocycles. The van der Waals surface area contributed by atoms with Crippen molar-refractivity contribution in [2.75, 3.05) is 12.3 Å². The number of anilines is 1. The van der Waals surface area contributed by atoms with E-state index in [1.807, 2.05) is 26.0 Å². The molecule has 0 saturated carbocycles. The molecule has 0 amide bonds. The molecule has 0 aliphatic heterocycles. The van der Waals surface area contributed by atoms with Crippen LogP contribution in [0.25, 0.3) is 0 Å². The SMILES string of the molecule is CCOc1c(N)cc(C)cc1Br. The lowest BCUT2D eigenvalue weighted by Crippen LogP contribution is -1.98. The molecule has 0 aliphatic carbocycles. The van der Waals surface area contributed by atoms with E-state index in [1.165, 1.54) is 0 Å². The molecule has 0 radical (unpaired) electrons. The average Bonchev–Trinajstić information content (AvgIpc) is 1.96. The molecular formula is C9H12BrNO. The molecule has 0 aliphatic rings. The van der Waals surface area contributed by atoms with Gasteiger partial charge in [-0.15, -0.1) is 0 Å². The Balaban J connectivity index is 3.10. The van der Waals surface area contributed by atoms with Crippen molar-refractivity contribution in [3.63, 3.8) is 0 Å². The molecule has 0 spiro atoms. The molecule has 12 heavy (non-hydrogen) atoms. The quantitative estimate of drug-likeness (QED) is 0.793. The number of rotatable bonds is 2. The number of hydrogen-bond acceptors (Lipinski definition) is 2. The third-order valence-corrected chi connectivity index (χ3v) is 2.09. The van der Waals surface area contributed by atoms with E-state index in [4.69, 9.17) is 10.5 Å². The second-order valence-corrected chi connectivity index (χ2v) is 3.45. The van der Waals surface area contributed by atoms with Crippen LogP contribution in [0.15, 0.2) is 16.6 Å². The fourth-order valence-corrected chi connectivity index (χ4v) is 1.76. The van der Waals surface area contributed by atoms with Crippen LogP contribution in [0.1, 0.15) is 12.5 Å². The minimum absolute atomic E-state index is 0.631. The van der Waals surface area contributed by atoms with Crippen LogP contribution in [0.4, 0.5) is 5.69 Å². The maximum absolute atomic E-state index is 5.75. The van der Waals surface area contributed by atoms with E-state index in [0.29, 0.717) is 12.3 Å². The number of aryl methyl sites for hydroxylation is 1. The maximum atomic E-state index is 5.75. The minimum Gasteiger partial charge on any atom is -0.491 e. The van der Waals surface area contributed by atoms with Gasteiger partial charge in [0.2, 0.25) is 0 Å². The van der Waals surface area contributed by atoms with Gasteiger partial charge in [0.25, 0.3) is 0 Å². The number of ether oxygens (including phenoxy) is 1. The molecule has 0 heterocycles. The van der Waals surface area contributed by atoms with Gasteiger partial charge in [0.1, 0.15) is 0 Å². The summed E-state index contributed by atoms with van der Waals surface area (Å²) in [6.45, 7) is 4.56. The molecule has 2 N–H and O–H groups in total. The average molecular weight is 230 g/mol. The summed E-state index contributed by atoms with van der Waals surface area (Å²) >= 11 is 3.39. The van der Waals surface area contributed by atoms with Crippen molar-refractivity contribution in [3.8, 4) is 5.75 Å². The predicted octanol–water partition coefficient (Wildman–Crippen LogP) is 2.74. The Morgan fingerprint density at radius 3 is 2.67 bits per heavy atom. The lowest BCUT2D eigenvalue weighted by atomic mass is 10.2. The van der Waals surface area contributed by atoms with Crippen molar-refractivity contribution in [3.05, 3.63) is 22.2 Å². The van der Waals surface area contributed by atoms with Crippen LogP contribution in [0, 0.1) is 6.92 Å². The van der Waals surface area contributed by atoms with Crippen molar-refractivity contribution >= 4 is 21.6 Å². The van der Waals surface area contributed by atoms with E-state index in [1.54, 1.807) is 0 Å². The van der Waals surface area contributed by atoms with Gasteiger partial charge in [0.15, 0.2) is 5.75 Å². The zero-order valence-electron chi connectivity index (χ0n) is 7.23. The van der Waals surface area contributed by atoms with Crippen molar-refractivity contribution < 1.29 is 4.74 Å². The second-order valence-electron chi connectivity index (χ2n) is 2.60. The Morgan fingerprint density at radius 1 is 1.50 bits per heavy atom.